The van der Waals surface area contributed by atoms with Gasteiger partial charge >= 0.3 is 11.9 Å². The lowest BCUT2D eigenvalue weighted by Crippen LogP contribution is -2.28. The second-order valence-corrected chi connectivity index (χ2v) is 14.2. The van der Waals surface area contributed by atoms with Crippen LogP contribution in [0.1, 0.15) is 219 Å². The lowest BCUT2D eigenvalue weighted by molar-refractivity contribution is -0.150. The van der Waals surface area contributed by atoms with E-state index >= 15 is 0 Å². The van der Waals surface area contributed by atoms with Crippen molar-refractivity contribution in [3.8, 4) is 0 Å². The number of carboxylic acid groups (broad SMARTS) is 1. The molecular weight excluding hydrogens is 610 g/mol. The van der Waals surface area contributed by atoms with Crippen LogP contribution in [0.15, 0.2) is 24.3 Å². The Labute approximate surface area is 303 Å². The number of allylic oxidation sites excluding steroid dienone is 4. The summed E-state index contributed by atoms with van der Waals surface area (Å²) in [6.45, 7) is 4.20. The van der Waals surface area contributed by atoms with Crippen LogP contribution in [0.5, 0.6) is 0 Å². The molecule has 1 unspecified atom stereocenters. The van der Waals surface area contributed by atoms with Gasteiger partial charge in [-0.3, -0.25) is 14.4 Å². The summed E-state index contributed by atoms with van der Waals surface area (Å²) in [5.74, 6) is -1.23. The van der Waals surface area contributed by atoms with E-state index < -0.39 is 5.97 Å². The molecule has 0 saturated heterocycles. The molecule has 0 fully saturated rings. The fraction of sp³-hybridized carbons (Fsp3) is 0.837. The lowest BCUT2D eigenvalue weighted by atomic mass is 10.0. The van der Waals surface area contributed by atoms with E-state index in [-0.39, 0.29) is 24.5 Å². The third-order valence-corrected chi connectivity index (χ3v) is 9.38. The van der Waals surface area contributed by atoms with Crippen LogP contribution in [0.2, 0.25) is 0 Å². The molecule has 49 heavy (non-hydrogen) atoms. The highest BCUT2D eigenvalue weighted by Crippen LogP contribution is 2.19. The summed E-state index contributed by atoms with van der Waals surface area (Å²) in [5.41, 5.74) is 0. The molecule has 0 radical (unpaired) electrons. The maximum atomic E-state index is 12.7. The number of carbonyl (C=O) groups excluding carboxylic acids is 2. The first-order valence-electron chi connectivity index (χ1n) is 21.0. The highest BCUT2D eigenvalue weighted by molar-refractivity contribution is 5.80. The van der Waals surface area contributed by atoms with Gasteiger partial charge in [0.2, 0.25) is 5.91 Å². The maximum absolute atomic E-state index is 12.7. The van der Waals surface area contributed by atoms with E-state index in [1.807, 2.05) is 0 Å². The zero-order valence-corrected chi connectivity index (χ0v) is 32.3. The minimum Gasteiger partial charge on any atom is -0.480 e. The van der Waals surface area contributed by atoms with E-state index in [0.29, 0.717) is 12.8 Å². The minimum absolute atomic E-state index is 0.0195. The van der Waals surface area contributed by atoms with E-state index in [1.165, 1.54) is 122 Å². The topological polar surface area (TPSA) is 92.7 Å². The molecule has 286 valence electrons. The normalized spacial score (nSPS) is 12.2. The first-order valence-corrected chi connectivity index (χ1v) is 21.0. The molecule has 0 saturated carbocycles. The number of hydrogen-bond acceptors (Lipinski definition) is 4. The number of carbonyl (C=O) groups is 3. The molecule has 0 spiro atoms. The first-order chi connectivity index (χ1) is 24.0. The van der Waals surface area contributed by atoms with Gasteiger partial charge in [-0.25, -0.2) is 0 Å². The predicted octanol–water partition coefficient (Wildman–Crippen LogP) is 12.7. The van der Waals surface area contributed by atoms with Gasteiger partial charge in [-0.15, -0.1) is 0 Å². The number of hydrogen-bond donors (Lipinski definition) is 2. The Balaban J connectivity index is 4.01. The number of aliphatic carboxylic acids is 1. The quantitative estimate of drug-likeness (QED) is 0.0382. The maximum Gasteiger partial charge on any atom is 0.322 e. The Morgan fingerprint density at radius 3 is 1.45 bits per heavy atom. The molecule has 1 atom stereocenters. The summed E-state index contributed by atoms with van der Waals surface area (Å²) >= 11 is 0. The second kappa shape index (κ2) is 38.7. The number of amides is 1. The van der Waals surface area contributed by atoms with Crippen molar-refractivity contribution in [2.75, 3.05) is 6.54 Å². The first kappa shape index (κ1) is 46.9. The molecule has 0 aromatic rings. The molecule has 0 heterocycles. The van der Waals surface area contributed by atoms with Gasteiger partial charge in [-0.1, -0.05) is 160 Å². The highest BCUT2D eigenvalue weighted by atomic mass is 16.5. The van der Waals surface area contributed by atoms with Crippen LogP contribution >= 0.6 is 0 Å². The molecule has 0 bridgehead atoms. The van der Waals surface area contributed by atoms with Gasteiger partial charge in [-0.05, 0) is 70.6 Å². The third kappa shape index (κ3) is 38.5. The van der Waals surface area contributed by atoms with Crippen molar-refractivity contribution in [2.24, 2.45) is 0 Å². The minimum atomic E-state index is -1.02. The van der Waals surface area contributed by atoms with Crippen molar-refractivity contribution in [3.63, 3.8) is 0 Å². The molecule has 6 nitrogen and oxygen atoms in total. The van der Waals surface area contributed by atoms with Gasteiger partial charge < -0.3 is 15.2 Å². The zero-order chi connectivity index (χ0) is 35.9. The molecule has 0 rings (SSSR count). The third-order valence-electron chi connectivity index (χ3n) is 9.38. The summed E-state index contributed by atoms with van der Waals surface area (Å²) in [7, 11) is 0. The number of nitrogens with one attached hydrogen (secondary N) is 1. The number of unbranched alkanes of at least 4 members (excludes halogenated alkanes) is 23. The van der Waals surface area contributed by atoms with Gasteiger partial charge in [0.05, 0.1) is 0 Å². The molecule has 2 N–H and O–H groups in total. The van der Waals surface area contributed by atoms with Crippen molar-refractivity contribution in [1.82, 2.24) is 5.32 Å². The van der Waals surface area contributed by atoms with Crippen LogP contribution in [-0.2, 0) is 19.1 Å². The number of rotatable bonds is 38. The predicted molar refractivity (Wildman–Crippen MR) is 208 cm³/mol. The SMILES string of the molecule is CCCCC/C=C\C/C=C\CCCCCCCCCCCC(=O)OC(CCCCCCCCCC)CCCCCCCC(=O)NCC(=O)O. The summed E-state index contributed by atoms with van der Waals surface area (Å²) < 4.78 is 6.00. The van der Waals surface area contributed by atoms with Gasteiger partial charge in [0.15, 0.2) is 0 Å². The molecule has 1 amide bonds. The van der Waals surface area contributed by atoms with E-state index in [0.717, 1.165) is 70.6 Å². The standard InChI is InChI=1S/C43H79NO5/c1-3-5-7-9-11-13-14-15-16-17-18-19-20-21-22-23-25-30-34-38-43(48)49-40(35-31-27-24-12-10-8-6-4-2)36-32-28-26-29-33-37-41(45)44-39-42(46)47/h11,13,15-16,40H,3-10,12,14,17-39H2,1-2H3,(H,44,45)(H,46,47)/b13-11-,16-15-. The Morgan fingerprint density at radius 2 is 0.939 bits per heavy atom. The molecule has 0 aromatic heterocycles. The smallest absolute Gasteiger partial charge is 0.322 e. The molecule has 0 aliphatic rings. The summed E-state index contributed by atoms with van der Waals surface area (Å²) in [4.78, 5) is 34.9. The molecule has 0 aromatic carbocycles. The van der Waals surface area contributed by atoms with Crippen LogP contribution in [0, 0.1) is 0 Å². The second-order valence-electron chi connectivity index (χ2n) is 14.2. The number of carboxylic acids is 1. The van der Waals surface area contributed by atoms with Crippen molar-refractivity contribution < 1.29 is 24.2 Å². The number of esters is 1. The van der Waals surface area contributed by atoms with Crippen molar-refractivity contribution in [1.29, 1.82) is 0 Å². The Morgan fingerprint density at radius 1 is 0.531 bits per heavy atom. The fourth-order valence-corrected chi connectivity index (χ4v) is 6.25. The lowest BCUT2D eigenvalue weighted by Gasteiger charge is -2.18. The average Bonchev–Trinajstić information content (AvgIpc) is 3.08. The fourth-order valence-electron chi connectivity index (χ4n) is 6.25. The van der Waals surface area contributed by atoms with E-state index in [9.17, 15) is 14.4 Å². The van der Waals surface area contributed by atoms with E-state index in [1.54, 1.807) is 0 Å². The molecule has 0 aliphatic heterocycles. The van der Waals surface area contributed by atoms with Crippen LogP contribution in [0.3, 0.4) is 0 Å². The van der Waals surface area contributed by atoms with Crippen molar-refractivity contribution >= 4 is 17.8 Å². The van der Waals surface area contributed by atoms with Crippen LogP contribution < -0.4 is 5.32 Å². The Hall–Kier alpha value is -2.11. The average molecular weight is 690 g/mol. The summed E-state index contributed by atoms with van der Waals surface area (Å²) in [6.07, 6.45) is 45.9. The van der Waals surface area contributed by atoms with Gasteiger partial charge in [0, 0.05) is 12.8 Å². The van der Waals surface area contributed by atoms with Gasteiger partial charge in [-0.2, -0.15) is 0 Å². The Bertz CT molecular complexity index is 808. The Kier molecular flexibility index (Phi) is 37.0. The van der Waals surface area contributed by atoms with E-state index in [2.05, 4.69) is 43.5 Å². The highest BCUT2D eigenvalue weighted by Gasteiger charge is 2.14. The van der Waals surface area contributed by atoms with Gasteiger partial charge in [0.1, 0.15) is 12.6 Å². The van der Waals surface area contributed by atoms with Crippen LogP contribution in [0.25, 0.3) is 0 Å². The molecule has 6 heteroatoms. The largest absolute Gasteiger partial charge is 0.480 e. The molecular formula is C43H79NO5. The zero-order valence-electron chi connectivity index (χ0n) is 32.3. The van der Waals surface area contributed by atoms with Crippen LogP contribution in [0.4, 0.5) is 0 Å². The van der Waals surface area contributed by atoms with Crippen molar-refractivity contribution in [2.45, 2.75) is 225 Å². The van der Waals surface area contributed by atoms with Gasteiger partial charge in [0.25, 0.3) is 0 Å². The summed E-state index contributed by atoms with van der Waals surface area (Å²) in [6, 6.07) is 0. The summed E-state index contributed by atoms with van der Waals surface area (Å²) in [5, 5.41) is 11.1. The number of ether oxygens (including phenoxy) is 1. The monoisotopic (exact) mass is 690 g/mol. The van der Waals surface area contributed by atoms with Crippen LogP contribution in [-0.4, -0.2) is 35.6 Å². The molecule has 0 aliphatic carbocycles. The van der Waals surface area contributed by atoms with E-state index in [4.69, 9.17) is 9.84 Å². The van der Waals surface area contributed by atoms with Crippen molar-refractivity contribution in [3.05, 3.63) is 24.3 Å².